The molecule has 0 bridgehead atoms. The fraction of sp³-hybridized carbons (Fsp3) is 0.611. The van der Waals surface area contributed by atoms with Crippen LogP contribution in [0.2, 0.25) is 0 Å². The topological polar surface area (TPSA) is 50.4 Å². The Balaban J connectivity index is 1.81. The standard InChI is InChI=1S/C18H28N2O2/c1-14-6-8-15(9-7-14)12-19-13-18(10-5-11-18)20-16(21)22-17(2,3)4/h6-9,19H,5,10-13H2,1-4H3,(H,20,21). The lowest BCUT2D eigenvalue weighted by Crippen LogP contribution is -2.59. The van der Waals surface area contributed by atoms with Crippen molar-refractivity contribution in [3.05, 3.63) is 35.4 Å². The molecule has 0 unspecified atom stereocenters. The summed E-state index contributed by atoms with van der Waals surface area (Å²) in [5, 5.41) is 6.52. The molecule has 1 aliphatic carbocycles. The first-order valence-corrected chi connectivity index (χ1v) is 8.06. The van der Waals surface area contributed by atoms with Gasteiger partial charge >= 0.3 is 6.09 Å². The number of aryl methyl sites for hydroxylation is 1. The smallest absolute Gasteiger partial charge is 0.408 e. The monoisotopic (exact) mass is 304 g/mol. The Morgan fingerprint density at radius 2 is 1.86 bits per heavy atom. The summed E-state index contributed by atoms with van der Waals surface area (Å²) in [7, 11) is 0. The lowest BCUT2D eigenvalue weighted by Gasteiger charge is -2.42. The van der Waals surface area contributed by atoms with Crippen LogP contribution in [0.3, 0.4) is 0 Å². The van der Waals surface area contributed by atoms with Crippen LogP contribution in [0.4, 0.5) is 4.79 Å². The second-order valence-electron chi connectivity index (χ2n) is 7.35. The van der Waals surface area contributed by atoms with Gasteiger partial charge in [-0.2, -0.15) is 0 Å². The second kappa shape index (κ2) is 6.69. The molecule has 1 amide bonds. The molecule has 0 saturated heterocycles. The zero-order valence-corrected chi connectivity index (χ0v) is 14.2. The average molecular weight is 304 g/mol. The molecule has 1 aromatic carbocycles. The summed E-state index contributed by atoms with van der Waals surface area (Å²) < 4.78 is 5.37. The van der Waals surface area contributed by atoms with E-state index in [0.717, 1.165) is 32.4 Å². The van der Waals surface area contributed by atoms with Gasteiger partial charge in [-0.05, 0) is 52.5 Å². The predicted molar refractivity (Wildman–Crippen MR) is 88.8 cm³/mol. The summed E-state index contributed by atoms with van der Waals surface area (Å²) in [6, 6.07) is 8.51. The van der Waals surface area contributed by atoms with Gasteiger partial charge in [-0.15, -0.1) is 0 Å². The van der Waals surface area contributed by atoms with Gasteiger partial charge in [-0.1, -0.05) is 29.8 Å². The van der Waals surface area contributed by atoms with Crippen LogP contribution < -0.4 is 10.6 Å². The summed E-state index contributed by atoms with van der Waals surface area (Å²) in [5.74, 6) is 0. The van der Waals surface area contributed by atoms with Crippen LogP contribution in [0.25, 0.3) is 0 Å². The van der Waals surface area contributed by atoms with Crippen LogP contribution in [0.15, 0.2) is 24.3 Å². The SMILES string of the molecule is Cc1ccc(CNCC2(NC(=O)OC(C)(C)C)CCC2)cc1. The second-order valence-corrected chi connectivity index (χ2v) is 7.35. The number of ether oxygens (including phenoxy) is 1. The maximum Gasteiger partial charge on any atom is 0.408 e. The van der Waals surface area contributed by atoms with E-state index >= 15 is 0 Å². The van der Waals surface area contributed by atoms with Gasteiger partial charge in [-0.3, -0.25) is 0 Å². The fourth-order valence-corrected chi connectivity index (χ4v) is 2.62. The van der Waals surface area contributed by atoms with Crippen LogP contribution >= 0.6 is 0 Å². The molecule has 0 spiro atoms. The van der Waals surface area contributed by atoms with Crippen molar-refractivity contribution < 1.29 is 9.53 Å². The number of carbonyl (C=O) groups excluding carboxylic acids is 1. The highest BCUT2D eigenvalue weighted by atomic mass is 16.6. The lowest BCUT2D eigenvalue weighted by atomic mass is 9.76. The highest BCUT2D eigenvalue weighted by molar-refractivity contribution is 5.69. The van der Waals surface area contributed by atoms with Gasteiger partial charge in [0.15, 0.2) is 0 Å². The van der Waals surface area contributed by atoms with E-state index in [1.165, 1.54) is 11.1 Å². The number of alkyl carbamates (subject to hydrolysis) is 1. The van der Waals surface area contributed by atoms with E-state index in [1.54, 1.807) is 0 Å². The number of benzene rings is 1. The summed E-state index contributed by atoms with van der Waals surface area (Å²) in [5.41, 5.74) is 1.93. The molecule has 0 radical (unpaired) electrons. The molecule has 1 fully saturated rings. The number of nitrogens with one attached hydrogen (secondary N) is 2. The third-order valence-corrected chi connectivity index (χ3v) is 3.99. The number of hydrogen-bond donors (Lipinski definition) is 2. The molecule has 0 aliphatic heterocycles. The molecule has 1 aliphatic rings. The minimum atomic E-state index is -0.454. The van der Waals surface area contributed by atoms with Crippen molar-refractivity contribution in [1.82, 2.24) is 10.6 Å². The molecule has 4 nitrogen and oxygen atoms in total. The van der Waals surface area contributed by atoms with Gasteiger partial charge in [0, 0.05) is 13.1 Å². The van der Waals surface area contributed by atoms with E-state index in [9.17, 15) is 4.79 Å². The summed E-state index contributed by atoms with van der Waals surface area (Å²) in [6.07, 6.45) is 2.85. The molecule has 2 rings (SSSR count). The Morgan fingerprint density at radius 1 is 1.23 bits per heavy atom. The van der Waals surface area contributed by atoms with Crippen LogP contribution in [0, 0.1) is 6.92 Å². The van der Waals surface area contributed by atoms with E-state index in [4.69, 9.17) is 4.74 Å². The molecule has 122 valence electrons. The third kappa shape index (κ3) is 5.02. The minimum Gasteiger partial charge on any atom is -0.444 e. The maximum absolute atomic E-state index is 12.0. The molecular weight excluding hydrogens is 276 g/mol. The van der Waals surface area contributed by atoms with Crippen LogP contribution in [-0.2, 0) is 11.3 Å². The first-order chi connectivity index (χ1) is 10.3. The normalized spacial score (nSPS) is 16.7. The van der Waals surface area contributed by atoms with Gasteiger partial charge in [0.2, 0.25) is 0 Å². The predicted octanol–water partition coefficient (Wildman–Crippen LogP) is 3.53. The van der Waals surface area contributed by atoms with Crippen molar-refractivity contribution in [1.29, 1.82) is 0 Å². The first-order valence-electron chi connectivity index (χ1n) is 8.06. The largest absolute Gasteiger partial charge is 0.444 e. The van der Waals surface area contributed by atoms with Crippen molar-refractivity contribution in [2.24, 2.45) is 0 Å². The van der Waals surface area contributed by atoms with Crippen molar-refractivity contribution in [2.75, 3.05) is 6.54 Å². The van der Waals surface area contributed by atoms with Crippen LogP contribution in [-0.4, -0.2) is 23.8 Å². The molecule has 0 aromatic heterocycles. The zero-order chi connectivity index (χ0) is 16.2. The van der Waals surface area contributed by atoms with Gasteiger partial charge in [0.05, 0.1) is 5.54 Å². The zero-order valence-electron chi connectivity index (χ0n) is 14.2. The number of amides is 1. The van der Waals surface area contributed by atoms with E-state index < -0.39 is 5.60 Å². The average Bonchev–Trinajstić information content (AvgIpc) is 2.36. The molecule has 1 aromatic rings. The summed E-state index contributed by atoms with van der Waals surface area (Å²) >= 11 is 0. The van der Waals surface area contributed by atoms with Crippen molar-refractivity contribution in [2.45, 2.75) is 64.6 Å². The van der Waals surface area contributed by atoms with Gasteiger partial charge in [0.25, 0.3) is 0 Å². The Bertz CT molecular complexity index is 499. The highest BCUT2D eigenvalue weighted by Gasteiger charge is 2.39. The van der Waals surface area contributed by atoms with Crippen LogP contribution in [0.1, 0.15) is 51.2 Å². The molecule has 2 N–H and O–H groups in total. The Kier molecular flexibility index (Phi) is 5.12. The number of rotatable bonds is 5. The molecular formula is C18H28N2O2. The van der Waals surface area contributed by atoms with Crippen LogP contribution in [0.5, 0.6) is 0 Å². The van der Waals surface area contributed by atoms with Gasteiger partial charge in [-0.25, -0.2) is 4.79 Å². The highest BCUT2D eigenvalue weighted by Crippen LogP contribution is 2.31. The van der Waals surface area contributed by atoms with E-state index in [2.05, 4.69) is 41.8 Å². The summed E-state index contributed by atoms with van der Waals surface area (Å²) in [6.45, 7) is 9.34. The summed E-state index contributed by atoms with van der Waals surface area (Å²) in [4.78, 5) is 12.0. The van der Waals surface area contributed by atoms with E-state index in [0.29, 0.717) is 0 Å². The molecule has 22 heavy (non-hydrogen) atoms. The Hall–Kier alpha value is -1.55. The Morgan fingerprint density at radius 3 is 2.36 bits per heavy atom. The molecule has 0 heterocycles. The number of carbonyl (C=O) groups is 1. The molecule has 0 atom stereocenters. The minimum absolute atomic E-state index is 0.146. The fourth-order valence-electron chi connectivity index (χ4n) is 2.62. The quantitative estimate of drug-likeness (QED) is 0.875. The molecule has 1 saturated carbocycles. The maximum atomic E-state index is 12.0. The lowest BCUT2D eigenvalue weighted by molar-refractivity contribution is 0.0382. The van der Waals surface area contributed by atoms with E-state index in [1.807, 2.05) is 20.8 Å². The Labute approximate surface area is 133 Å². The van der Waals surface area contributed by atoms with Gasteiger partial charge < -0.3 is 15.4 Å². The first kappa shape index (κ1) is 16.8. The third-order valence-electron chi connectivity index (χ3n) is 3.99. The molecule has 4 heteroatoms. The van der Waals surface area contributed by atoms with Crippen molar-refractivity contribution in [3.8, 4) is 0 Å². The van der Waals surface area contributed by atoms with E-state index in [-0.39, 0.29) is 11.6 Å². The van der Waals surface area contributed by atoms with Crippen molar-refractivity contribution in [3.63, 3.8) is 0 Å². The van der Waals surface area contributed by atoms with Crippen molar-refractivity contribution >= 4 is 6.09 Å². The van der Waals surface area contributed by atoms with Gasteiger partial charge in [0.1, 0.15) is 5.60 Å². The number of hydrogen-bond acceptors (Lipinski definition) is 3.